The van der Waals surface area contributed by atoms with E-state index in [1.165, 1.54) is 0 Å². The Morgan fingerprint density at radius 1 is 1.59 bits per heavy atom. The van der Waals surface area contributed by atoms with Gasteiger partial charge in [-0.3, -0.25) is 4.79 Å². The highest BCUT2D eigenvalue weighted by Gasteiger charge is 2.09. The molecule has 17 heavy (non-hydrogen) atoms. The van der Waals surface area contributed by atoms with Crippen molar-refractivity contribution in [3.05, 3.63) is 11.9 Å². The largest absolute Gasteiger partial charge is 0.344 e. The highest BCUT2D eigenvalue weighted by molar-refractivity contribution is 5.75. The third kappa shape index (κ3) is 4.52. The fraction of sp³-hybridized carbons (Fsp3) is 0.727. The molecule has 0 radical (unpaired) electrons. The fourth-order valence-corrected chi connectivity index (χ4v) is 1.24. The van der Waals surface area contributed by atoms with Crippen molar-refractivity contribution in [1.82, 2.24) is 25.2 Å². The van der Waals surface area contributed by atoms with Gasteiger partial charge in [0.15, 0.2) is 0 Å². The standard InChI is InChI=1S/C11H21N5O/c1-5-15(4)11(17)8-16-7-10(13-14-16)6-12-9(2)3/h7,9,12H,5-6,8H2,1-4H3. The molecule has 96 valence electrons. The van der Waals surface area contributed by atoms with Gasteiger partial charge in [-0.2, -0.15) is 0 Å². The van der Waals surface area contributed by atoms with Crippen molar-refractivity contribution in [2.24, 2.45) is 0 Å². The number of nitrogens with zero attached hydrogens (tertiary/aromatic N) is 4. The Morgan fingerprint density at radius 3 is 2.88 bits per heavy atom. The molecular formula is C11H21N5O. The fourth-order valence-electron chi connectivity index (χ4n) is 1.24. The van der Waals surface area contributed by atoms with Crippen LogP contribution in [-0.2, 0) is 17.9 Å². The van der Waals surface area contributed by atoms with Gasteiger partial charge >= 0.3 is 0 Å². The number of rotatable bonds is 6. The number of amides is 1. The van der Waals surface area contributed by atoms with Crippen LogP contribution in [-0.4, -0.2) is 45.4 Å². The SMILES string of the molecule is CCN(C)C(=O)Cn1cc(CNC(C)C)nn1. The lowest BCUT2D eigenvalue weighted by Crippen LogP contribution is -2.30. The van der Waals surface area contributed by atoms with E-state index in [4.69, 9.17) is 0 Å². The molecule has 1 aromatic rings. The van der Waals surface area contributed by atoms with Crippen molar-refractivity contribution in [2.45, 2.75) is 39.9 Å². The zero-order chi connectivity index (χ0) is 12.8. The summed E-state index contributed by atoms with van der Waals surface area (Å²) in [6, 6.07) is 0.410. The van der Waals surface area contributed by atoms with Crippen molar-refractivity contribution in [2.75, 3.05) is 13.6 Å². The van der Waals surface area contributed by atoms with Crippen LogP contribution in [0.5, 0.6) is 0 Å². The highest BCUT2D eigenvalue weighted by atomic mass is 16.2. The molecule has 1 heterocycles. The minimum atomic E-state index is 0.0424. The van der Waals surface area contributed by atoms with Crippen LogP contribution in [0.1, 0.15) is 26.5 Å². The first kappa shape index (κ1) is 13.6. The van der Waals surface area contributed by atoms with E-state index < -0.39 is 0 Å². The number of hydrogen-bond acceptors (Lipinski definition) is 4. The first-order valence-corrected chi connectivity index (χ1v) is 5.89. The Kier molecular flexibility index (Phi) is 5.09. The Labute approximate surface area is 102 Å². The average molecular weight is 239 g/mol. The maximum Gasteiger partial charge on any atom is 0.244 e. The van der Waals surface area contributed by atoms with Crippen LogP contribution in [0.2, 0.25) is 0 Å². The first-order chi connectivity index (χ1) is 8.02. The maximum absolute atomic E-state index is 11.6. The van der Waals surface area contributed by atoms with Gasteiger partial charge in [0.25, 0.3) is 0 Å². The number of carbonyl (C=O) groups is 1. The molecule has 0 atom stereocenters. The monoisotopic (exact) mass is 239 g/mol. The molecule has 0 bridgehead atoms. The lowest BCUT2D eigenvalue weighted by Gasteiger charge is -2.13. The van der Waals surface area contributed by atoms with E-state index in [1.54, 1.807) is 22.8 Å². The van der Waals surface area contributed by atoms with Crippen molar-refractivity contribution in [3.63, 3.8) is 0 Å². The molecule has 0 aliphatic rings. The molecule has 6 nitrogen and oxygen atoms in total. The molecule has 0 aliphatic heterocycles. The van der Waals surface area contributed by atoms with Crippen molar-refractivity contribution >= 4 is 5.91 Å². The molecule has 0 saturated carbocycles. The summed E-state index contributed by atoms with van der Waals surface area (Å²) in [5.41, 5.74) is 0.852. The van der Waals surface area contributed by atoms with Gasteiger partial charge in [0.1, 0.15) is 6.54 Å². The van der Waals surface area contributed by atoms with E-state index in [-0.39, 0.29) is 12.5 Å². The predicted molar refractivity (Wildman–Crippen MR) is 65.3 cm³/mol. The normalized spacial score (nSPS) is 10.9. The highest BCUT2D eigenvalue weighted by Crippen LogP contribution is 1.95. The van der Waals surface area contributed by atoms with E-state index >= 15 is 0 Å². The second-order valence-corrected chi connectivity index (χ2v) is 4.35. The van der Waals surface area contributed by atoms with Crippen LogP contribution in [0.15, 0.2) is 6.20 Å². The minimum absolute atomic E-state index is 0.0424. The van der Waals surface area contributed by atoms with Crippen LogP contribution < -0.4 is 5.32 Å². The molecule has 0 aromatic carbocycles. The molecule has 0 unspecified atom stereocenters. The average Bonchev–Trinajstić information content (AvgIpc) is 2.73. The van der Waals surface area contributed by atoms with Gasteiger partial charge in [-0.15, -0.1) is 5.10 Å². The number of aromatic nitrogens is 3. The van der Waals surface area contributed by atoms with Crippen molar-refractivity contribution in [3.8, 4) is 0 Å². The Morgan fingerprint density at radius 2 is 2.29 bits per heavy atom. The van der Waals surface area contributed by atoms with Crippen LogP contribution in [0.4, 0.5) is 0 Å². The zero-order valence-corrected chi connectivity index (χ0v) is 11.0. The van der Waals surface area contributed by atoms with E-state index in [2.05, 4.69) is 29.5 Å². The molecule has 1 rings (SSSR count). The van der Waals surface area contributed by atoms with Crippen LogP contribution in [0.25, 0.3) is 0 Å². The second kappa shape index (κ2) is 6.34. The summed E-state index contributed by atoms with van der Waals surface area (Å²) in [5, 5.41) is 11.2. The van der Waals surface area contributed by atoms with Gasteiger partial charge in [-0.1, -0.05) is 19.1 Å². The molecule has 0 fully saturated rings. The first-order valence-electron chi connectivity index (χ1n) is 5.89. The van der Waals surface area contributed by atoms with Gasteiger partial charge in [-0.05, 0) is 6.92 Å². The molecule has 0 aliphatic carbocycles. The van der Waals surface area contributed by atoms with Crippen molar-refractivity contribution < 1.29 is 4.79 Å². The van der Waals surface area contributed by atoms with Gasteiger partial charge < -0.3 is 10.2 Å². The van der Waals surface area contributed by atoms with E-state index in [9.17, 15) is 4.79 Å². The second-order valence-electron chi connectivity index (χ2n) is 4.35. The Hall–Kier alpha value is -1.43. The smallest absolute Gasteiger partial charge is 0.244 e. The third-order valence-electron chi connectivity index (χ3n) is 2.47. The summed E-state index contributed by atoms with van der Waals surface area (Å²) in [7, 11) is 1.78. The van der Waals surface area contributed by atoms with Gasteiger partial charge in [0.05, 0.1) is 11.9 Å². The molecule has 6 heteroatoms. The lowest BCUT2D eigenvalue weighted by molar-refractivity contribution is -0.130. The number of carbonyl (C=O) groups excluding carboxylic acids is 1. The molecule has 1 aromatic heterocycles. The number of hydrogen-bond donors (Lipinski definition) is 1. The summed E-state index contributed by atoms with van der Waals surface area (Å²) >= 11 is 0. The zero-order valence-electron chi connectivity index (χ0n) is 11.0. The van der Waals surface area contributed by atoms with Crippen LogP contribution >= 0.6 is 0 Å². The molecule has 1 amide bonds. The maximum atomic E-state index is 11.6. The van der Waals surface area contributed by atoms with E-state index in [0.29, 0.717) is 19.1 Å². The quantitative estimate of drug-likeness (QED) is 0.773. The van der Waals surface area contributed by atoms with Gasteiger partial charge in [-0.25, -0.2) is 4.68 Å². The van der Waals surface area contributed by atoms with Gasteiger partial charge in [0.2, 0.25) is 5.91 Å². The van der Waals surface area contributed by atoms with E-state index in [1.807, 2.05) is 6.92 Å². The lowest BCUT2D eigenvalue weighted by atomic mass is 10.3. The Balaban J connectivity index is 2.48. The summed E-state index contributed by atoms with van der Waals surface area (Å²) in [6.45, 7) is 7.72. The molecule has 0 spiro atoms. The van der Waals surface area contributed by atoms with Gasteiger partial charge in [0, 0.05) is 26.2 Å². The number of likely N-dealkylation sites (N-methyl/N-ethyl adjacent to an activating group) is 1. The van der Waals surface area contributed by atoms with E-state index in [0.717, 1.165) is 5.69 Å². The van der Waals surface area contributed by atoms with Crippen LogP contribution in [0, 0.1) is 0 Å². The Bertz CT molecular complexity index is 360. The molecular weight excluding hydrogens is 218 g/mol. The molecule has 1 N–H and O–H groups in total. The summed E-state index contributed by atoms with van der Waals surface area (Å²) in [6.07, 6.45) is 1.80. The summed E-state index contributed by atoms with van der Waals surface area (Å²) < 4.78 is 1.58. The summed E-state index contributed by atoms with van der Waals surface area (Å²) in [4.78, 5) is 13.3. The van der Waals surface area contributed by atoms with Crippen LogP contribution in [0.3, 0.4) is 0 Å². The van der Waals surface area contributed by atoms with Crippen molar-refractivity contribution in [1.29, 1.82) is 0 Å². The number of nitrogens with one attached hydrogen (secondary N) is 1. The topological polar surface area (TPSA) is 63.1 Å². The minimum Gasteiger partial charge on any atom is -0.344 e. The predicted octanol–water partition coefficient (Wildman–Crippen LogP) is 0.254. The third-order valence-corrected chi connectivity index (χ3v) is 2.47. The summed E-state index contributed by atoms with van der Waals surface area (Å²) in [5.74, 6) is 0.0424. The molecule has 0 saturated heterocycles.